The molecule has 1 unspecified atom stereocenters. The molecular formula is C16H20N2O4. The lowest BCUT2D eigenvalue weighted by atomic mass is 9.97. The second kappa shape index (κ2) is 6.25. The zero-order valence-corrected chi connectivity index (χ0v) is 12.3. The number of carbonyl (C=O) groups is 2. The number of fused-ring (bicyclic) bond motifs is 1. The van der Waals surface area contributed by atoms with E-state index in [1.807, 2.05) is 24.3 Å². The monoisotopic (exact) mass is 304 g/mol. The fourth-order valence-electron chi connectivity index (χ4n) is 3.06. The van der Waals surface area contributed by atoms with Crippen LogP contribution in [0.15, 0.2) is 24.3 Å². The van der Waals surface area contributed by atoms with Crippen LogP contribution in [0.2, 0.25) is 0 Å². The molecule has 6 heteroatoms. The third kappa shape index (κ3) is 3.00. The Morgan fingerprint density at radius 2 is 1.91 bits per heavy atom. The first-order valence-corrected chi connectivity index (χ1v) is 7.65. The van der Waals surface area contributed by atoms with Gasteiger partial charge in [-0.15, -0.1) is 0 Å². The van der Waals surface area contributed by atoms with Gasteiger partial charge in [0.15, 0.2) is 0 Å². The van der Waals surface area contributed by atoms with Crippen molar-refractivity contribution in [3.8, 4) is 5.75 Å². The van der Waals surface area contributed by atoms with Gasteiger partial charge in [-0.2, -0.15) is 0 Å². The van der Waals surface area contributed by atoms with Crippen LogP contribution in [0.3, 0.4) is 0 Å². The maximum Gasteiger partial charge on any atom is 0.317 e. The summed E-state index contributed by atoms with van der Waals surface area (Å²) in [7, 11) is 0. The number of urea groups is 1. The summed E-state index contributed by atoms with van der Waals surface area (Å²) < 4.78 is 5.59. The van der Waals surface area contributed by atoms with E-state index < -0.39 is 5.97 Å². The van der Waals surface area contributed by atoms with Gasteiger partial charge in [0, 0.05) is 25.1 Å². The van der Waals surface area contributed by atoms with Crippen molar-refractivity contribution in [3.05, 3.63) is 29.8 Å². The molecule has 6 nitrogen and oxygen atoms in total. The molecule has 2 aliphatic heterocycles. The Morgan fingerprint density at radius 3 is 2.64 bits per heavy atom. The molecule has 0 aliphatic carbocycles. The first kappa shape index (κ1) is 14.7. The van der Waals surface area contributed by atoms with Crippen LogP contribution >= 0.6 is 0 Å². The van der Waals surface area contributed by atoms with Crippen molar-refractivity contribution in [3.63, 3.8) is 0 Å². The zero-order chi connectivity index (χ0) is 15.5. The Labute approximate surface area is 129 Å². The molecule has 0 spiro atoms. The van der Waals surface area contributed by atoms with Gasteiger partial charge in [-0.1, -0.05) is 18.2 Å². The molecule has 0 radical (unpaired) electrons. The van der Waals surface area contributed by atoms with Gasteiger partial charge in [0.05, 0.1) is 18.6 Å². The van der Waals surface area contributed by atoms with Crippen molar-refractivity contribution in [1.82, 2.24) is 10.2 Å². The first-order chi connectivity index (χ1) is 10.6. The van der Waals surface area contributed by atoms with Crippen LogP contribution in [0, 0.1) is 5.92 Å². The molecule has 22 heavy (non-hydrogen) atoms. The minimum absolute atomic E-state index is 0.0466. The van der Waals surface area contributed by atoms with Crippen LogP contribution in [-0.2, 0) is 4.79 Å². The second-order valence-electron chi connectivity index (χ2n) is 5.78. The van der Waals surface area contributed by atoms with E-state index in [9.17, 15) is 9.59 Å². The van der Waals surface area contributed by atoms with Crippen molar-refractivity contribution in [2.24, 2.45) is 5.92 Å². The molecule has 0 saturated carbocycles. The predicted octanol–water partition coefficient (Wildman–Crippen LogP) is 2.02. The molecular weight excluding hydrogens is 284 g/mol. The highest BCUT2D eigenvalue weighted by Crippen LogP contribution is 2.31. The minimum Gasteiger partial charge on any atom is -0.493 e. The van der Waals surface area contributed by atoms with E-state index in [1.54, 1.807) is 4.90 Å². The van der Waals surface area contributed by atoms with Crippen LogP contribution in [-0.4, -0.2) is 41.7 Å². The van der Waals surface area contributed by atoms with Crippen LogP contribution in [0.1, 0.15) is 30.9 Å². The Kier molecular flexibility index (Phi) is 4.18. The number of carboxylic acid groups (broad SMARTS) is 1. The smallest absolute Gasteiger partial charge is 0.317 e. The van der Waals surface area contributed by atoms with E-state index in [4.69, 9.17) is 9.84 Å². The quantitative estimate of drug-likeness (QED) is 0.876. The van der Waals surface area contributed by atoms with Crippen LogP contribution in [0.25, 0.3) is 0 Å². The first-order valence-electron chi connectivity index (χ1n) is 7.65. The summed E-state index contributed by atoms with van der Waals surface area (Å²) >= 11 is 0. The Balaban J connectivity index is 1.60. The van der Waals surface area contributed by atoms with Crippen LogP contribution < -0.4 is 10.1 Å². The molecule has 1 saturated heterocycles. The number of nitrogens with one attached hydrogen (secondary N) is 1. The normalized spacial score (nSPS) is 21.6. The molecule has 2 aliphatic rings. The molecule has 0 aromatic heterocycles. The van der Waals surface area contributed by atoms with Gasteiger partial charge in [-0.3, -0.25) is 4.79 Å². The molecule has 3 rings (SSSR count). The summed E-state index contributed by atoms with van der Waals surface area (Å²) in [6.07, 6.45) is 1.79. The number of piperidine rings is 1. The topological polar surface area (TPSA) is 78.9 Å². The van der Waals surface area contributed by atoms with E-state index in [0.29, 0.717) is 32.5 Å². The summed E-state index contributed by atoms with van der Waals surface area (Å²) in [4.78, 5) is 25.0. The lowest BCUT2D eigenvalue weighted by molar-refractivity contribution is -0.143. The molecule has 2 N–H and O–H groups in total. The Morgan fingerprint density at radius 1 is 1.18 bits per heavy atom. The van der Waals surface area contributed by atoms with Gasteiger partial charge in [0.1, 0.15) is 5.75 Å². The maximum absolute atomic E-state index is 12.4. The fraction of sp³-hybridized carbons (Fsp3) is 0.500. The molecule has 1 aromatic carbocycles. The molecule has 1 atom stereocenters. The largest absolute Gasteiger partial charge is 0.493 e. The number of hydrogen-bond donors (Lipinski definition) is 2. The van der Waals surface area contributed by atoms with Gasteiger partial charge in [-0.25, -0.2) is 4.79 Å². The fourth-order valence-corrected chi connectivity index (χ4v) is 3.06. The zero-order valence-electron chi connectivity index (χ0n) is 12.3. The third-order valence-electron chi connectivity index (χ3n) is 4.39. The number of hydrogen-bond acceptors (Lipinski definition) is 3. The van der Waals surface area contributed by atoms with Crippen LogP contribution in [0.5, 0.6) is 5.75 Å². The lowest BCUT2D eigenvalue weighted by Crippen LogP contribution is -2.47. The second-order valence-corrected chi connectivity index (χ2v) is 5.78. The van der Waals surface area contributed by atoms with Crippen molar-refractivity contribution >= 4 is 12.0 Å². The highest BCUT2D eigenvalue weighted by Gasteiger charge is 2.29. The highest BCUT2D eigenvalue weighted by atomic mass is 16.5. The van der Waals surface area contributed by atoms with E-state index in [2.05, 4.69) is 5.32 Å². The summed E-state index contributed by atoms with van der Waals surface area (Å²) in [5.74, 6) is -0.269. The van der Waals surface area contributed by atoms with Gasteiger partial charge in [-0.05, 0) is 18.9 Å². The highest BCUT2D eigenvalue weighted by molar-refractivity contribution is 5.76. The number of rotatable bonds is 2. The molecule has 1 aromatic rings. The molecule has 1 fully saturated rings. The van der Waals surface area contributed by atoms with Crippen molar-refractivity contribution in [2.45, 2.75) is 25.3 Å². The van der Waals surface area contributed by atoms with Crippen molar-refractivity contribution < 1.29 is 19.4 Å². The number of nitrogens with zero attached hydrogens (tertiary/aromatic N) is 1. The average molecular weight is 304 g/mol. The summed E-state index contributed by atoms with van der Waals surface area (Å²) in [5.41, 5.74) is 1.00. The van der Waals surface area contributed by atoms with Gasteiger partial charge >= 0.3 is 12.0 Å². The summed E-state index contributed by atoms with van der Waals surface area (Å²) in [6, 6.07) is 7.56. The van der Waals surface area contributed by atoms with E-state index in [0.717, 1.165) is 17.7 Å². The van der Waals surface area contributed by atoms with E-state index in [-0.39, 0.29) is 18.0 Å². The molecule has 2 heterocycles. The lowest BCUT2D eigenvalue weighted by Gasteiger charge is -2.33. The number of amides is 2. The minimum atomic E-state index is -0.765. The van der Waals surface area contributed by atoms with E-state index >= 15 is 0 Å². The summed E-state index contributed by atoms with van der Waals surface area (Å²) in [5, 5.41) is 12.0. The van der Waals surface area contributed by atoms with Crippen LogP contribution in [0.4, 0.5) is 4.79 Å². The Bertz CT molecular complexity index is 567. The number of likely N-dealkylation sites (tertiary alicyclic amines) is 1. The predicted molar refractivity (Wildman–Crippen MR) is 79.8 cm³/mol. The SMILES string of the molecule is O=C(O)C1CCN(C(=O)NC2CCOc3ccccc32)CC1. The molecule has 118 valence electrons. The molecule has 0 bridgehead atoms. The summed E-state index contributed by atoms with van der Waals surface area (Å²) in [6.45, 7) is 1.57. The van der Waals surface area contributed by atoms with E-state index in [1.165, 1.54) is 0 Å². The maximum atomic E-state index is 12.4. The van der Waals surface area contributed by atoms with Gasteiger partial charge < -0.3 is 20.1 Å². The van der Waals surface area contributed by atoms with Crippen molar-refractivity contribution in [2.75, 3.05) is 19.7 Å². The number of carbonyl (C=O) groups excluding carboxylic acids is 1. The number of aliphatic carboxylic acids is 1. The Hall–Kier alpha value is -2.24. The number of carboxylic acids is 1. The van der Waals surface area contributed by atoms with Gasteiger partial charge in [0.2, 0.25) is 0 Å². The average Bonchev–Trinajstić information content (AvgIpc) is 2.55. The number of ether oxygens (including phenoxy) is 1. The number of benzene rings is 1. The third-order valence-corrected chi connectivity index (χ3v) is 4.39. The standard InChI is InChI=1S/C16H20N2O4/c19-15(20)11-5-8-18(9-6-11)16(21)17-13-7-10-22-14-4-2-1-3-12(13)14/h1-4,11,13H,5-10H2,(H,17,21)(H,19,20). The molecule has 2 amide bonds. The van der Waals surface area contributed by atoms with Gasteiger partial charge in [0.25, 0.3) is 0 Å². The van der Waals surface area contributed by atoms with Crippen molar-refractivity contribution in [1.29, 1.82) is 0 Å². The number of para-hydroxylation sites is 1.